The predicted molar refractivity (Wildman–Crippen MR) is 80.0 cm³/mol. The second-order valence-electron chi connectivity index (χ2n) is 3.32. The molecule has 2 rings (SSSR count). The minimum absolute atomic E-state index is 0.219. The van der Waals surface area contributed by atoms with Crippen LogP contribution in [0.3, 0.4) is 0 Å². The van der Waals surface area contributed by atoms with Gasteiger partial charge in [0.2, 0.25) is 0 Å². The number of rotatable bonds is 5. The third-order valence-electron chi connectivity index (χ3n) is 1.96. The molecule has 0 fully saturated rings. The molecule has 0 radical (unpaired) electrons. The van der Waals surface area contributed by atoms with Crippen LogP contribution in [-0.4, -0.2) is 25.9 Å². The molecule has 20 heavy (non-hydrogen) atoms. The summed E-state index contributed by atoms with van der Waals surface area (Å²) in [7, 11) is -6.64. The van der Waals surface area contributed by atoms with Crippen LogP contribution in [0.4, 0.5) is 0 Å². The van der Waals surface area contributed by atoms with Gasteiger partial charge in [0.05, 0.1) is 9.79 Å². The fraction of sp³-hybridized carbons (Fsp3) is 0. The van der Waals surface area contributed by atoms with Crippen molar-refractivity contribution in [1.82, 2.24) is 0 Å². The molecule has 0 saturated heterocycles. The molecule has 110 valence electrons. The van der Waals surface area contributed by atoms with Gasteiger partial charge in [-0.25, -0.2) is 0 Å². The van der Waals surface area contributed by atoms with Crippen LogP contribution in [0.25, 0.3) is 0 Å². The van der Waals surface area contributed by atoms with E-state index in [0.717, 1.165) is 44.3 Å². The summed E-state index contributed by atoms with van der Waals surface area (Å²) in [5.74, 6) is 0. The molecule has 0 spiro atoms. The molecular weight excluding hydrogens is 384 g/mol. The van der Waals surface area contributed by atoms with E-state index >= 15 is 0 Å². The van der Waals surface area contributed by atoms with Gasteiger partial charge in [-0.05, 0) is 0 Å². The lowest BCUT2D eigenvalue weighted by atomic mass is 10.7. The van der Waals surface area contributed by atoms with Crippen LogP contribution in [0.1, 0.15) is 0 Å². The average Bonchev–Trinajstić information content (AvgIpc) is 2.93. The first-order valence-corrected chi connectivity index (χ1v) is 11.5. The van der Waals surface area contributed by atoms with Crippen molar-refractivity contribution in [2.24, 2.45) is 0 Å². The smallest absolute Gasteiger partial charge is 0.282 e. The summed E-state index contributed by atoms with van der Waals surface area (Å²) in [5, 5.41) is 5.63. The molecule has 0 aromatic carbocycles. The van der Waals surface area contributed by atoms with Gasteiger partial charge < -0.3 is 0 Å². The number of hydrogen-bond donors (Lipinski definition) is 2. The Labute approximate surface area is 131 Å². The van der Waals surface area contributed by atoms with Crippen LogP contribution in [0.15, 0.2) is 41.1 Å². The highest BCUT2D eigenvalue weighted by molar-refractivity contribution is 8.76. The Kier molecular flexibility index (Phi) is 4.86. The summed E-state index contributed by atoms with van der Waals surface area (Å²) in [4.78, 5) is 0.164. The van der Waals surface area contributed by atoms with Gasteiger partial charge in [0.25, 0.3) is 20.2 Å². The van der Waals surface area contributed by atoms with Crippen LogP contribution < -0.4 is 0 Å². The zero-order valence-electron chi connectivity index (χ0n) is 9.29. The van der Waals surface area contributed by atoms with Gasteiger partial charge in [-0.1, -0.05) is 21.6 Å². The number of thiophene rings is 2. The van der Waals surface area contributed by atoms with Gasteiger partial charge in [-0.3, -0.25) is 9.11 Å². The Morgan fingerprint density at radius 3 is 1.40 bits per heavy atom. The first-order valence-electron chi connectivity index (χ1n) is 4.61. The molecule has 2 aromatic rings. The highest BCUT2D eigenvalue weighted by Gasteiger charge is 2.20. The molecule has 2 N–H and O–H groups in total. The fourth-order valence-corrected chi connectivity index (χ4v) is 8.60. The second kappa shape index (κ2) is 5.96. The Morgan fingerprint density at radius 2 is 1.10 bits per heavy atom. The molecule has 2 heterocycles. The van der Waals surface area contributed by atoms with E-state index in [4.69, 9.17) is 9.11 Å². The van der Waals surface area contributed by atoms with Gasteiger partial charge in [0.1, 0.15) is 9.79 Å². The van der Waals surface area contributed by atoms with Crippen LogP contribution >= 0.6 is 44.3 Å². The largest absolute Gasteiger partial charge is 0.296 e. The number of hydrogen-bond acceptors (Lipinski definition) is 8. The van der Waals surface area contributed by atoms with E-state index in [9.17, 15) is 16.8 Å². The standard InChI is InChI=1S/C8H6O6S6/c9-19(10,11)7-3-15-1-5(7)17-18-6-2-16-4-8(6)20(12,13)14/h1-4H,(H,9,10,11)(H,12,13,14). The Hall–Kier alpha value is -0.0800. The lowest BCUT2D eigenvalue weighted by molar-refractivity contribution is 0.479. The van der Waals surface area contributed by atoms with Crippen LogP contribution in [0.5, 0.6) is 0 Å². The van der Waals surface area contributed by atoms with Crippen LogP contribution in [-0.2, 0) is 20.2 Å². The van der Waals surface area contributed by atoms with Gasteiger partial charge in [0.15, 0.2) is 0 Å². The quantitative estimate of drug-likeness (QED) is 0.592. The van der Waals surface area contributed by atoms with Crippen molar-refractivity contribution >= 4 is 64.5 Å². The van der Waals surface area contributed by atoms with Gasteiger partial charge >= 0.3 is 0 Å². The molecule has 0 aliphatic heterocycles. The summed E-state index contributed by atoms with van der Waals surface area (Å²) in [6.07, 6.45) is 0. The summed E-state index contributed by atoms with van der Waals surface area (Å²) in [6.45, 7) is 0. The van der Waals surface area contributed by atoms with E-state index in [1.54, 1.807) is 0 Å². The topological polar surface area (TPSA) is 109 Å². The van der Waals surface area contributed by atoms with Gasteiger partial charge in [-0.15, -0.1) is 22.7 Å². The SMILES string of the molecule is O=S(=O)(O)c1cscc1SSc1cscc1S(=O)(=O)O. The van der Waals surface area contributed by atoms with Gasteiger partial charge in [-0.2, -0.15) is 16.8 Å². The van der Waals surface area contributed by atoms with E-state index in [1.165, 1.54) is 21.5 Å². The zero-order valence-corrected chi connectivity index (χ0v) is 14.2. The highest BCUT2D eigenvalue weighted by Crippen LogP contribution is 2.44. The van der Waals surface area contributed by atoms with Crippen molar-refractivity contribution in [1.29, 1.82) is 0 Å². The van der Waals surface area contributed by atoms with E-state index in [2.05, 4.69) is 0 Å². The van der Waals surface area contributed by atoms with E-state index in [1.807, 2.05) is 0 Å². The fourth-order valence-electron chi connectivity index (χ4n) is 1.13. The van der Waals surface area contributed by atoms with E-state index < -0.39 is 20.2 Å². The molecule has 0 amide bonds. The van der Waals surface area contributed by atoms with Crippen molar-refractivity contribution < 1.29 is 25.9 Å². The first kappa shape index (κ1) is 16.3. The van der Waals surface area contributed by atoms with Crippen LogP contribution in [0.2, 0.25) is 0 Å². The Bertz CT molecular complexity index is 743. The molecule has 0 unspecified atom stereocenters. The average molecular weight is 391 g/mol. The lowest BCUT2D eigenvalue weighted by Gasteiger charge is -2.01. The maximum atomic E-state index is 11.1. The lowest BCUT2D eigenvalue weighted by Crippen LogP contribution is -1.97. The maximum Gasteiger partial charge on any atom is 0.296 e. The summed E-state index contributed by atoms with van der Waals surface area (Å²) < 4.78 is 62.5. The Balaban J connectivity index is 2.23. The highest BCUT2D eigenvalue weighted by atomic mass is 33.1. The van der Waals surface area contributed by atoms with Crippen molar-refractivity contribution in [2.45, 2.75) is 19.6 Å². The normalized spacial score (nSPS) is 12.7. The second-order valence-corrected chi connectivity index (χ2v) is 9.80. The predicted octanol–water partition coefficient (Wildman–Crippen LogP) is 3.10. The summed E-state index contributed by atoms with van der Waals surface area (Å²) in [5.41, 5.74) is 0. The monoisotopic (exact) mass is 390 g/mol. The molecule has 0 saturated carbocycles. The minimum Gasteiger partial charge on any atom is -0.282 e. The van der Waals surface area contributed by atoms with E-state index in [-0.39, 0.29) is 9.79 Å². The molecule has 0 bridgehead atoms. The zero-order chi connectivity index (χ0) is 15.0. The third kappa shape index (κ3) is 3.76. The van der Waals surface area contributed by atoms with E-state index in [0.29, 0.717) is 9.79 Å². The Morgan fingerprint density at radius 1 is 0.750 bits per heavy atom. The molecule has 6 nitrogen and oxygen atoms in total. The molecule has 12 heteroatoms. The first-order chi connectivity index (χ1) is 9.19. The molecule has 2 aromatic heterocycles. The molecule has 0 atom stereocenters. The third-order valence-corrected chi connectivity index (χ3v) is 8.54. The van der Waals surface area contributed by atoms with Crippen molar-refractivity contribution in [3.63, 3.8) is 0 Å². The van der Waals surface area contributed by atoms with Crippen molar-refractivity contribution in [3.8, 4) is 0 Å². The molecule has 0 aliphatic carbocycles. The molecule has 0 aliphatic rings. The molecular formula is C8H6O6S6. The van der Waals surface area contributed by atoms with Gasteiger partial charge in [0, 0.05) is 21.5 Å². The maximum absolute atomic E-state index is 11.1. The van der Waals surface area contributed by atoms with Crippen molar-refractivity contribution in [2.75, 3.05) is 0 Å². The minimum atomic E-state index is -4.31. The van der Waals surface area contributed by atoms with Crippen molar-refractivity contribution in [3.05, 3.63) is 21.5 Å². The van der Waals surface area contributed by atoms with Crippen LogP contribution in [0, 0.1) is 0 Å². The summed E-state index contributed by atoms with van der Waals surface area (Å²) >= 11 is 2.20. The summed E-state index contributed by atoms with van der Waals surface area (Å²) in [6, 6.07) is 0.